The van der Waals surface area contributed by atoms with E-state index in [0.29, 0.717) is 0 Å². The average Bonchev–Trinajstić information content (AvgIpc) is 2.75. The first-order valence-electron chi connectivity index (χ1n) is 9.90. The molecule has 0 unspecified atom stereocenters. The van der Waals surface area contributed by atoms with Gasteiger partial charge in [-0.25, -0.2) is 4.79 Å². The lowest BCUT2D eigenvalue weighted by atomic mass is 10.2. The summed E-state index contributed by atoms with van der Waals surface area (Å²) in [5.74, 6) is -1.07. The van der Waals surface area contributed by atoms with Crippen LogP contribution >= 0.6 is 11.6 Å². The number of methoxy groups -OCH3 is 1. The van der Waals surface area contributed by atoms with Crippen molar-refractivity contribution in [1.82, 2.24) is 5.32 Å². The van der Waals surface area contributed by atoms with Crippen molar-refractivity contribution in [2.75, 3.05) is 13.0 Å². The Morgan fingerprint density at radius 3 is 1.83 bits per heavy atom. The highest BCUT2D eigenvalue weighted by Crippen LogP contribution is 2.37. The van der Waals surface area contributed by atoms with Gasteiger partial charge in [0, 0.05) is 0 Å². The number of benzene rings is 2. The van der Waals surface area contributed by atoms with Crippen molar-refractivity contribution in [3.05, 3.63) is 60.7 Å². The van der Waals surface area contributed by atoms with Crippen molar-refractivity contribution >= 4 is 42.2 Å². The Morgan fingerprint density at radius 2 is 1.47 bits per heavy atom. The molecule has 0 heterocycles. The molecule has 2 aromatic carbocycles. The van der Waals surface area contributed by atoms with Crippen LogP contribution in [0.2, 0.25) is 5.04 Å². The van der Waals surface area contributed by atoms with Crippen molar-refractivity contribution < 1.29 is 18.8 Å². The Bertz CT molecular complexity index is 800. The van der Waals surface area contributed by atoms with Gasteiger partial charge in [0.25, 0.3) is 8.32 Å². The van der Waals surface area contributed by atoms with Crippen molar-refractivity contribution in [3.8, 4) is 0 Å². The van der Waals surface area contributed by atoms with Crippen LogP contribution in [-0.4, -0.2) is 45.3 Å². The van der Waals surface area contributed by atoms with Gasteiger partial charge in [0.05, 0.1) is 13.0 Å². The highest BCUT2D eigenvalue weighted by atomic mass is 35.5. The van der Waals surface area contributed by atoms with Gasteiger partial charge < -0.3 is 14.5 Å². The van der Waals surface area contributed by atoms with Crippen LogP contribution in [0.15, 0.2) is 60.7 Å². The van der Waals surface area contributed by atoms with Crippen molar-refractivity contribution in [3.63, 3.8) is 0 Å². The van der Waals surface area contributed by atoms with E-state index in [1.807, 2.05) is 36.4 Å². The Labute approximate surface area is 184 Å². The summed E-state index contributed by atoms with van der Waals surface area (Å²) in [5, 5.41) is 4.53. The zero-order chi connectivity index (χ0) is 22.4. The molecule has 1 amide bonds. The minimum Gasteiger partial charge on any atom is -0.467 e. The molecule has 2 aromatic rings. The first-order chi connectivity index (χ1) is 14.2. The number of ether oxygens (including phenoxy) is 1. The first kappa shape index (κ1) is 24.1. The quantitative estimate of drug-likeness (QED) is 0.384. The van der Waals surface area contributed by atoms with Crippen LogP contribution in [0.25, 0.3) is 0 Å². The molecule has 1 N–H and O–H groups in total. The number of esters is 1. The lowest BCUT2D eigenvalue weighted by Gasteiger charge is -2.44. The molecule has 0 aliphatic rings. The molecular formula is C23H30ClNO4Si. The lowest BCUT2D eigenvalue weighted by Crippen LogP contribution is -2.68. The van der Waals surface area contributed by atoms with Gasteiger partial charge in [0.15, 0.2) is 0 Å². The summed E-state index contributed by atoms with van der Waals surface area (Å²) in [5.41, 5.74) is 0. The van der Waals surface area contributed by atoms with Crippen LogP contribution in [0, 0.1) is 0 Å². The molecule has 30 heavy (non-hydrogen) atoms. The van der Waals surface area contributed by atoms with Crippen molar-refractivity contribution in [2.45, 2.75) is 44.9 Å². The molecule has 0 bridgehead atoms. The van der Waals surface area contributed by atoms with Gasteiger partial charge in [-0.2, -0.15) is 0 Å². The lowest BCUT2D eigenvalue weighted by molar-refractivity contribution is -0.145. The predicted octanol–water partition coefficient (Wildman–Crippen LogP) is 2.85. The van der Waals surface area contributed by atoms with Gasteiger partial charge >= 0.3 is 5.97 Å². The van der Waals surface area contributed by atoms with E-state index in [1.165, 1.54) is 7.11 Å². The summed E-state index contributed by atoms with van der Waals surface area (Å²) >= 11 is 5.84. The fourth-order valence-electron chi connectivity index (χ4n) is 3.60. The van der Waals surface area contributed by atoms with Crippen LogP contribution < -0.4 is 15.7 Å². The second-order valence-corrected chi connectivity index (χ2v) is 12.7. The third-order valence-electron chi connectivity index (χ3n) is 5.10. The number of amides is 1. The van der Waals surface area contributed by atoms with Gasteiger partial charge in [-0.3, -0.25) is 4.79 Å². The Balaban J connectivity index is 2.48. The molecule has 162 valence electrons. The topological polar surface area (TPSA) is 64.6 Å². The van der Waals surface area contributed by atoms with E-state index < -0.39 is 32.3 Å². The maximum atomic E-state index is 12.9. The number of alkyl halides is 1. The minimum atomic E-state index is -2.88. The number of carbonyl (C=O) groups is 2. The van der Waals surface area contributed by atoms with Gasteiger partial charge in [-0.05, 0) is 22.3 Å². The van der Waals surface area contributed by atoms with Gasteiger partial charge in [0.1, 0.15) is 12.1 Å². The van der Waals surface area contributed by atoms with E-state index in [9.17, 15) is 9.59 Å². The molecule has 0 aromatic heterocycles. The largest absolute Gasteiger partial charge is 0.467 e. The molecule has 0 saturated carbocycles. The molecule has 0 fully saturated rings. The minimum absolute atomic E-state index is 0.0790. The van der Waals surface area contributed by atoms with E-state index in [1.54, 1.807) is 6.92 Å². The standard InChI is InChI=1S/C23H30ClNO4Si/c1-17(21(26)25-20(16-24)22(27)28-5)29-30(23(2,3)4,18-12-8-6-9-13-18)19-14-10-7-11-15-19/h6-15,17,20H,16H2,1-5H3,(H,25,26)/t17-,20-/m0/s1. The Hall–Kier alpha value is -2.15. The molecule has 2 rings (SSSR count). The third-order valence-corrected chi connectivity index (χ3v) is 10.5. The molecule has 0 aliphatic carbocycles. The predicted molar refractivity (Wildman–Crippen MR) is 123 cm³/mol. The second kappa shape index (κ2) is 10.2. The molecule has 5 nitrogen and oxygen atoms in total. The Morgan fingerprint density at radius 1 is 1.00 bits per heavy atom. The molecule has 0 radical (unpaired) electrons. The van der Waals surface area contributed by atoms with Gasteiger partial charge in [-0.1, -0.05) is 81.4 Å². The number of halogens is 1. The van der Waals surface area contributed by atoms with E-state index in [0.717, 1.165) is 10.4 Å². The smallest absolute Gasteiger partial charge is 0.329 e. The van der Waals surface area contributed by atoms with E-state index >= 15 is 0 Å². The highest BCUT2D eigenvalue weighted by Gasteiger charge is 2.51. The van der Waals surface area contributed by atoms with Crippen LogP contribution in [0.3, 0.4) is 0 Å². The summed E-state index contributed by atoms with van der Waals surface area (Å²) in [6.07, 6.45) is -0.799. The molecule has 7 heteroatoms. The third kappa shape index (κ3) is 5.12. The number of carbonyl (C=O) groups excluding carboxylic acids is 2. The number of hydrogen-bond donors (Lipinski definition) is 1. The summed E-state index contributed by atoms with van der Waals surface area (Å²) in [7, 11) is -1.62. The van der Waals surface area contributed by atoms with Crippen LogP contribution in [0.4, 0.5) is 0 Å². The fourth-order valence-corrected chi connectivity index (χ4v) is 8.46. The summed E-state index contributed by atoms with van der Waals surface area (Å²) in [4.78, 5) is 24.8. The number of hydrogen-bond acceptors (Lipinski definition) is 4. The fraction of sp³-hybridized carbons (Fsp3) is 0.391. The molecule has 0 aliphatic heterocycles. The number of rotatable bonds is 8. The van der Waals surface area contributed by atoms with Crippen LogP contribution in [0.5, 0.6) is 0 Å². The van der Waals surface area contributed by atoms with E-state index in [-0.39, 0.29) is 10.9 Å². The second-order valence-electron chi connectivity index (χ2n) is 8.16. The Kier molecular flexibility index (Phi) is 8.23. The maximum Gasteiger partial charge on any atom is 0.329 e. The average molecular weight is 448 g/mol. The molecule has 0 saturated heterocycles. The first-order valence-corrected chi connectivity index (χ1v) is 12.3. The monoisotopic (exact) mass is 447 g/mol. The van der Waals surface area contributed by atoms with Crippen molar-refractivity contribution in [1.29, 1.82) is 0 Å². The zero-order valence-corrected chi connectivity index (χ0v) is 19.9. The van der Waals surface area contributed by atoms with E-state index in [4.69, 9.17) is 20.8 Å². The summed E-state index contributed by atoms with van der Waals surface area (Å²) in [6, 6.07) is 19.2. The maximum absolute atomic E-state index is 12.9. The van der Waals surface area contributed by atoms with Crippen molar-refractivity contribution in [2.24, 2.45) is 0 Å². The van der Waals surface area contributed by atoms with Gasteiger partial charge in [0.2, 0.25) is 5.91 Å². The summed E-state index contributed by atoms with van der Waals surface area (Å²) in [6.45, 7) is 8.12. The van der Waals surface area contributed by atoms with E-state index in [2.05, 4.69) is 50.4 Å². The van der Waals surface area contributed by atoms with Crippen LogP contribution in [-0.2, 0) is 18.8 Å². The highest BCUT2D eigenvalue weighted by molar-refractivity contribution is 6.99. The molecule has 0 spiro atoms. The summed E-state index contributed by atoms with van der Waals surface area (Å²) < 4.78 is 11.4. The molecular weight excluding hydrogens is 418 g/mol. The van der Waals surface area contributed by atoms with Gasteiger partial charge in [-0.15, -0.1) is 11.6 Å². The zero-order valence-electron chi connectivity index (χ0n) is 18.1. The SMILES string of the molecule is COC(=O)[C@H](CCl)NC(=O)[C@H](C)O[Si](c1ccccc1)(c1ccccc1)C(C)(C)C. The number of nitrogens with one attached hydrogen (secondary N) is 1. The van der Waals surface area contributed by atoms with Crippen LogP contribution in [0.1, 0.15) is 27.7 Å². The normalized spacial score (nSPS) is 13.9. The molecule has 2 atom stereocenters.